The lowest BCUT2D eigenvalue weighted by molar-refractivity contribution is -0.158. The van der Waals surface area contributed by atoms with Gasteiger partial charge in [0.2, 0.25) is 11.6 Å². The average Bonchev–Trinajstić information content (AvgIpc) is 3.54. The predicted octanol–water partition coefficient (Wildman–Crippen LogP) is 3.51. The molecule has 0 bridgehead atoms. The molecule has 5 rings (SSSR count). The van der Waals surface area contributed by atoms with E-state index >= 15 is 0 Å². The summed E-state index contributed by atoms with van der Waals surface area (Å²) in [6.07, 6.45) is 2.05. The van der Waals surface area contributed by atoms with E-state index in [0.717, 1.165) is 17.3 Å². The second-order valence-corrected chi connectivity index (χ2v) is 8.83. The van der Waals surface area contributed by atoms with Gasteiger partial charge in [0, 0.05) is 23.4 Å². The lowest BCUT2D eigenvalue weighted by atomic mass is 9.96. The monoisotopic (exact) mass is 484 g/mol. The van der Waals surface area contributed by atoms with Gasteiger partial charge < -0.3 is 14.4 Å². The number of fused-ring (bicyclic) bond motifs is 3. The molecule has 1 unspecified atom stereocenters. The maximum absolute atomic E-state index is 13.4. The van der Waals surface area contributed by atoms with Gasteiger partial charge in [-0.1, -0.05) is 34.1 Å². The van der Waals surface area contributed by atoms with Crippen molar-refractivity contribution in [2.75, 3.05) is 18.1 Å². The number of rotatable bonds is 6. The SMILES string of the molecule is O=C1CCC2(C(=O)OCCOc3cccc(Br)c3)N1c1ccccc1C(=O)N2C1CC1. The van der Waals surface area contributed by atoms with Gasteiger partial charge in [-0.2, -0.15) is 0 Å². The molecule has 0 spiro atoms. The third-order valence-corrected chi connectivity index (χ3v) is 6.41. The van der Waals surface area contributed by atoms with Crippen molar-refractivity contribution in [1.29, 1.82) is 0 Å². The van der Waals surface area contributed by atoms with Gasteiger partial charge in [-0.05, 0) is 43.2 Å². The first-order chi connectivity index (χ1) is 15.0. The van der Waals surface area contributed by atoms with Gasteiger partial charge in [-0.3, -0.25) is 14.5 Å². The minimum Gasteiger partial charge on any atom is -0.490 e. The standard InChI is InChI=1S/C23H21BrN2O5/c24-15-4-3-5-17(14-15)30-12-13-31-22(29)23-11-10-20(27)26(23)19-7-2-1-6-18(19)21(28)25(23)16-8-9-16/h1-7,14,16H,8-13H2. The number of carbonyl (C=O) groups is 3. The Hall–Kier alpha value is -2.87. The topological polar surface area (TPSA) is 76.2 Å². The molecule has 1 saturated carbocycles. The second kappa shape index (κ2) is 7.67. The molecule has 0 N–H and O–H groups in total. The number of hydrogen-bond donors (Lipinski definition) is 0. The van der Waals surface area contributed by atoms with Crippen molar-refractivity contribution >= 4 is 39.4 Å². The molecule has 0 aromatic heterocycles. The average molecular weight is 485 g/mol. The van der Waals surface area contributed by atoms with Gasteiger partial charge in [0.1, 0.15) is 19.0 Å². The number of anilines is 1. The highest BCUT2D eigenvalue weighted by molar-refractivity contribution is 9.10. The first-order valence-corrected chi connectivity index (χ1v) is 11.1. The van der Waals surface area contributed by atoms with Gasteiger partial charge in [0.25, 0.3) is 5.91 Å². The van der Waals surface area contributed by atoms with Crippen LogP contribution in [-0.2, 0) is 14.3 Å². The van der Waals surface area contributed by atoms with E-state index in [-0.39, 0.29) is 43.9 Å². The lowest BCUT2D eigenvalue weighted by Gasteiger charge is -2.48. The molecule has 1 atom stereocenters. The number of esters is 1. The number of carbonyl (C=O) groups excluding carboxylic acids is 3. The zero-order chi connectivity index (χ0) is 21.6. The quantitative estimate of drug-likeness (QED) is 0.463. The van der Waals surface area contributed by atoms with Crippen LogP contribution < -0.4 is 9.64 Å². The van der Waals surface area contributed by atoms with Crippen LogP contribution in [0, 0.1) is 0 Å². The van der Waals surface area contributed by atoms with Gasteiger partial charge in [0.05, 0.1) is 11.3 Å². The molecule has 8 heteroatoms. The fraction of sp³-hybridized carbons (Fsp3) is 0.348. The summed E-state index contributed by atoms with van der Waals surface area (Å²) in [7, 11) is 0. The molecule has 2 aromatic rings. The number of amides is 2. The van der Waals surface area contributed by atoms with Crippen molar-refractivity contribution in [2.24, 2.45) is 0 Å². The van der Waals surface area contributed by atoms with Gasteiger partial charge in [-0.25, -0.2) is 4.79 Å². The molecule has 0 radical (unpaired) electrons. The summed E-state index contributed by atoms with van der Waals surface area (Å²) in [5, 5.41) is 0. The molecule has 2 amide bonds. The number of benzene rings is 2. The summed E-state index contributed by atoms with van der Waals surface area (Å²) in [5.74, 6) is -0.312. The van der Waals surface area contributed by atoms with Crippen LogP contribution in [0.25, 0.3) is 0 Å². The molecular weight excluding hydrogens is 464 g/mol. The number of ether oxygens (including phenoxy) is 2. The van der Waals surface area contributed by atoms with Crippen molar-refractivity contribution in [3.8, 4) is 5.75 Å². The number of hydrogen-bond acceptors (Lipinski definition) is 5. The van der Waals surface area contributed by atoms with Crippen molar-refractivity contribution in [1.82, 2.24) is 4.90 Å². The van der Waals surface area contributed by atoms with Gasteiger partial charge in [-0.15, -0.1) is 0 Å². The fourth-order valence-corrected chi connectivity index (χ4v) is 4.86. The Morgan fingerprint density at radius 2 is 1.90 bits per heavy atom. The fourth-order valence-electron chi connectivity index (χ4n) is 4.48. The molecule has 1 aliphatic carbocycles. The Morgan fingerprint density at radius 1 is 1.10 bits per heavy atom. The first kappa shape index (κ1) is 20.1. The predicted molar refractivity (Wildman–Crippen MR) is 116 cm³/mol. The van der Waals surface area contributed by atoms with Gasteiger partial charge >= 0.3 is 5.97 Å². The minimum atomic E-state index is -1.42. The highest BCUT2D eigenvalue weighted by atomic mass is 79.9. The molecular formula is C23H21BrN2O5. The number of para-hydroxylation sites is 1. The van der Waals surface area contributed by atoms with E-state index < -0.39 is 11.6 Å². The van der Waals surface area contributed by atoms with Crippen LogP contribution in [0.3, 0.4) is 0 Å². The van der Waals surface area contributed by atoms with E-state index in [0.29, 0.717) is 17.0 Å². The second-order valence-electron chi connectivity index (χ2n) is 7.91. The molecule has 3 aliphatic rings. The van der Waals surface area contributed by atoms with E-state index in [2.05, 4.69) is 15.9 Å². The summed E-state index contributed by atoms with van der Waals surface area (Å²) >= 11 is 3.39. The van der Waals surface area contributed by atoms with E-state index in [1.807, 2.05) is 24.3 Å². The van der Waals surface area contributed by atoms with Crippen molar-refractivity contribution in [2.45, 2.75) is 37.4 Å². The molecule has 31 heavy (non-hydrogen) atoms. The maximum Gasteiger partial charge on any atom is 0.353 e. The Kier molecular flexibility index (Phi) is 4.97. The number of nitrogens with zero attached hydrogens (tertiary/aromatic N) is 2. The van der Waals surface area contributed by atoms with E-state index in [1.165, 1.54) is 4.90 Å². The Balaban J connectivity index is 1.39. The Labute approximate surface area is 188 Å². The molecule has 160 valence electrons. The normalized spacial score (nSPS) is 22.2. The Morgan fingerprint density at radius 3 is 2.68 bits per heavy atom. The van der Waals surface area contributed by atoms with Crippen LogP contribution in [0.15, 0.2) is 53.0 Å². The zero-order valence-corrected chi connectivity index (χ0v) is 18.3. The minimum absolute atomic E-state index is 0.0173. The summed E-state index contributed by atoms with van der Waals surface area (Å²) in [6.45, 7) is 0.184. The van der Waals surface area contributed by atoms with E-state index in [4.69, 9.17) is 9.47 Å². The van der Waals surface area contributed by atoms with Crippen LogP contribution in [0.4, 0.5) is 5.69 Å². The van der Waals surface area contributed by atoms with Crippen LogP contribution in [-0.4, -0.2) is 47.6 Å². The number of halogens is 1. The van der Waals surface area contributed by atoms with Crippen molar-refractivity contribution in [3.05, 3.63) is 58.6 Å². The van der Waals surface area contributed by atoms with Crippen LogP contribution in [0.2, 0.25) is 0 Å². The van der Waals surface area contributed by atoms with Gasteiger partial charge in [0.15, 0.2) is 0 Å². The summed E-state index contributed by atoms with van der Waals surface area (Å²) < 4.78 is 12.1. The lowest BCUT2D eigenvalue weighted by Crippen LogP contribution is -2.69. The molecule has 2 heterocycles. The summed E-state index contributed by atoms with van der Waals surface area (Å²) in [6, 6.07) is 14.3. The first-order valence-electron chi connectivity index (χ1n) is 10.3. The highest BCUT2D eigenvalue weighted by Gasteiger charge is 2.64. The molecule has 7 nitrogen and oxygen atoms in total. The highest BCUT2D eigenvalue weighted by Crippen LogP contribution is 2.49. The largest absolute Gasteiger partial charge is 0.490 e. The zero-order valence-electron chi connectivity index (χ0n) is 16.8. The molecule has 2 fully saturated rings. The third kappa shape index (κ3) is 3.29. The van der Waals surface area contributed by atoms with Crippen molar-refractivity contribution in [3.63, 3.8) is 0 Å². The molecule has 2 aromatic carbocycles. The van der Waals surface area contributed by atoms with Crippen LogP contribution >= 0.6 is 15.9 Å². The van der Waals surface area contributed by atoms with Crippen LogP contribution in [0.5, 0.6) is 5.75 Å². The Bertz CT molecular complexity index is 1070. The molecule has 2 aliphatic heterocycles. The van der Waals surface area contributed by atoms with E-state index in [9.17, 15) is 14.4 Å². The summed E-state index contributed by atoms with van der Waals surface area (Å²) in [5.41, 5.74) is -0.486. The maximum atomic E-state index is 13.4. The smallest absolute Gasteiger partial charge is 0.353 e. The van der Waals surface area contributed by atoms with Crippen molar-refractivity contribution < 1.29 is 23.9 Å². The molecule has 1 saturated heterocycles. The van der Waals surface area contributed by atoms with E-state index in [1.54, 1.807) is 29.2 Å². The third-order valence-electron chi connectivity index (χ3n) is 5.92. The van der Waals surface area contributed by atoms with Crippen LogP contribution in [0.1, 0.15) is 36.0 Å². The summed E-state index contributed by atoms with van der Waals surface area (Å²) in [4.78, 5) is 42.7.